The van der Waals surface area contributed by atoms with Crippen molar-refractivity contribution in [3.63, 3.8) is 0 Å². The second-order valence-corrected chi connectivity index (χ2v) is 6.32. The summed E-state index contributed by atoms with van der Waals surface area (Å²) in [7, 11) is 0. The summed E-state index contributed by atoms with van der Waals surface area (Å²) in [5, 5.41) is 7.83. The molecule has 1 aromatic carbocycles. The summed E-state index contributed by atoms with van der Waals surface area (Å²) in [6, 6.07) is 10.2. The Kier molecular flexibility index (Phi) is 4.43. The molecule has 0 spiro atoms. The molecule has 3 aromatic rings. The van der Waals surface area contributed by atoms with E-state index in [0.29, 0.717) is 12.5 Å². The number of nitrogens with zero attached hydrogens (tertiary/aromatic N) is 4. The number of benzene rings is 1. The van der Waals surface area contributed by atoms with Gasteiger partial charge in [0, 0.05) is 36.9 Å². The Balaban J connectivity index is 1.44. The van der Waals surface area contributed by atoms with Gasteiger partial charge in [0.15, 0.2) is 0 Å². The number of anilines is 1. The number of para-hydroxylation sites is 1. The van der Waals surface area contributed by atoms with Gasteiger partial charge in [-0.25, -0.2) is 14.6 Å². The Labute approximate surface area is 146 Å². The van der Waals surface area contributed by atoms with E-state index in [4.69, 9.17) is 4.74 Å². The number of hydrogen-bond donors (Lipinski definition) is 1. The van der Waals surface area contributed by atoms with Gasteiger partial charge in [-0.3, -0.25) is 0 Å². The van der Waals surface area contributed by atoms with Gasteiger partial charge in [0.2, 0.25) is 0 Å². The van der Waals surface area contributed by atoms with E-state index in [1.54, 1.807) is 6.33 Å². The molecular formula is C19H21N5O. The highest BCUT2D eigenvalue weighted by molar-refractivity contribution is 5.40. The molecule has 0 bridgehead atoms. The van der Waals surface area contributed by atoms with Gasteiger partial charge >= 0.3 is 0 Å². The minimum Gasteiger partial charge on any atom is -0.381 e. The van der Waals surface area contributed by atoms with Gasteiger partial charge in [-0.15, -0.1) is 0 Å². The van der Waals surface area contributed by atoms with Crippen molar-refractivity contribution in [1.29, 1.82) is 0 Å². The van der Waals surface area contributed by atoms with E-state index in [2.05, 4.69) is 39.4 Å². The number of aromatic nitrogens is 4. The molecule has 6 nitrogen and oxygen atoms in total. The normalized spacial score (nSPS) is 16.9. The first-order chi connectivity index (χ1) is 12.3. The van der Waals surface area contributed by atoms with E-state index in [1.165, 1.54) is 5.56 Å². The molecule has 1 aliphatic heterocycles. The molecular weight excluding hydrogens is 314 g/mol. The highest BCUT2D eigenvalue weighted by Crippen LogP contribution is 2.24. The molecule has 128 valence electrons. The lowest BCUT2D eigenvalue weighted by atomic mass is 10.1. The van der Waals surface area contributed by atoms with Crippen LogP contribution in [0.4, 0.5) is 5.82 Å². The van der Waals surface area contributed by atoms with E-state index >= 15 is 0 Å². The third-order valence-corrected chi connectivity index (χ3v) is 4.51. The topological polar surface area (TPSA) is 64.9 Å². The molecule has 2 aromatic heterocycles. The molecule has 1 fully saturated rings. The zero-order valence-corrected chi connectivity index (χ0v) is 14.2. The zero-order chi connectivity index (χ0) is 17.1. The number of aryl methyl sites for hydroxylation is 1. The van der Waals surface area contributed by atoms with Crippen molar-refractivity contribution in [1.82, 2.24) is 19.7 Å². The fraction of sp³-hybridized carbons (Fsp3) is 0.316. The minimum absolute atomic E-state index is 0.382. The maximum absolute atomic E-state index is 5.44. The second-order valence-electron chi connectivity index (χ2n) is 6.32. The summed E-state index contributed by atoms with van der Waals surface area (Å²) in [4.78, 5) is 8.70. The van der Waals surface area contributed by atoms with Crippen LogP contribution in [-0.2, 0) is 11.3 Å². The number of hydrogen-bond acceptors (Lipinski definition) is 5. The average Bonchev–Trinajstić information content (AvgIpc) is 3.33. The summed E-state index contributed by atoms with van der Waals surface area (Å²) in [6.07, 6.45) is 6.57. The summed E-state index contributed by atoms with van der Waals surface area (Å²) >= 11 is 0. The lowest BCUT2D eigenvalue weighted by Crippen LogP contribution is -2.05. The van der Waals surface area contributed by atoms with Crippen LogP contribution in [-0.4, -0.2) is 33.0 Å². The molecule has 25 heavy (non-hydrogen) atoms. The molecule has 1 saturated heterocycles. The highest BCUT2D eigenvalue weighted by Gasteiger charge is 2.19. The first-order valence-electron chi connectivity index (χ1n) is 8.53. The van der Waals surface area contributed by atoms with Gasteiger partial charge in [-0.1, -0.05) is 18.2 Å². The van der Waals surface area contributed by atoms with Crippen molar-refractivity contribution in [2.75, 3.05) is 18.5 Å². The summed E-state index contributed by atoms with van der Waals surface area (Å²) in [5.41, 5.74) is 4.45. The monoisotopic (exact) mass is 335 g/mol. The maximum atomic E-state index is 5.44. The third-order valence-electron chi connectivity index (χ3n) is 4.51. The van der Waals surface area contributed by atoms with Crippen molar-refractivity contribution >= 4 is 5.82 Å². The van der Waals surface area contributed by atoms with Gasteiger partial charge in [-0.05, 0) is 25.0 Å². The van der Waals surface area contributed by atoms with Crippen LogP contribution in [0.3, 0.4) is 0 Å². The number of ether oxygens (including phenoxy) is 1. The molecule has 1 unspecified atom stereocenters. The van der Waals surface area contributed by atoms with Gasteiger partial charge in [0.25, 0.3) is 0 Å². The molecule has 3 heterocycles. The van der Waals surface area contributed by atoms with Crippen LogP contribution < -0.4 is 5.32 Å². The molecule has 0 radical (unpaired) electrons. The van der Waals surface area contributed by atoms with E-state index in [9.17, 15) is 0 Å². The van der Waals surface area contributed by atoms with Crippen molar-refractivity contribution in [2.24, 2.45) is 0 Å². The quantitative estimate of drug-likeness (QED) is 0.776. The van der Waals surface area contributed by atoms with Gasteiger partial charge in [0.05, 0.1) is 24.2 Å². The fourth-order valence-electron chi connectivity index (χ4n) is 3.06. The van der Waals surface area contributed by atoms with E-state index < -0.39 is 0 Å². The Hall–Kier alpha value is -2.73. The Morgan fingerprint density at radius 2 is 2.20 bits per heavy atom. The largest absolute Gasteiger partial charge is 0.381 e. The number of rotatable bonds is 5. The predicted octanol–water partition coefficient (Wildman–Crippen LogP) is 3.09. The predicted molar refractivity (Wildman–Crippen MR) is 95.8 cm³/mol. The van der Waals surface area contributed by atoms with E-state index in [0.717, 1.165) is 42.4 Å². The third kappa shape index (κ3) is 3.53. The van der Waals surface area contributed by atoms with Crippen molar-refractivity contribution in [2.45, 2.75) is 25.8 Å². The van der Waals surface area contributed by atoms with Crippen molar-refractivity contribution < 1.29 is 4.74 Å². The van der Waals surface area contributed by atoms with Gasteiger partial charge < -0.3 is 10.1 Å². The van der Waals surface area contributed by atoms with Crippen LogP contribution in [0.25, 0.3) is 5.69 Å². The highest BCUT2D eigenvalue weighted by atomic mass is 16.5. The summed E-state index contributed by atoms with van der Waals surface area (Å²) < 4.78 is 7.35. The van der Waals surface area contributed by atoms with E-state index in [-0.39, 0.29) is 0 Å². The molecule has 6 heteroatoms. The van der Waals surface area contributed by atoms with Crippen LogP contribution >= 0.6 is 0 Å². The second kappa shape index (κ2) is 7.03. The van der Waals surface area contributed by atoms with Crippen LogP contribution in [0.1, 0.15) is 29.2 Å². The van der Waals surface area contributed by atoms with Crippen LogP contribution in [0.2, 0.25) is 0 Å². The lowest BCUT2D eigenvalue weighted by Gasteiger charge is -2.09. The molecule has 1 aliphatic rings. The molecule has 0 saturated carbocycles. The lowest BCUT2D eigenvalue weighted by molar-refractivity contribution is 0.193. The van der Waals surface area contributed by atoms with Crippen LogP contribution in [0.15, 0.2) is 49.1 Å². The fourth-order valence-corrected chi connectivity index (χ4v) is 3.06. The first-order valence-corrected chi connectivity index (χ1v) is 8.53. The maximum Gasteiger partial charge on any atom is 0.129 e. The van der Waals surface area contributed by atoms with Crippen LogP contribution in [0.5, 0.6) is 0 Å². The average molecular weight is 335 g/mol. The Morgan fingerprint density at radius 1 is 1.28 bits per heavy atom. The molecule has 4 rings (SSSR count). The smallest absolute Gasteiger partial charge is 0.129 e. The van der Waals surface area contributed by atoms with Crippen LogP contribution in [0, 0.1) is 6.92 Å². The molecule has 0 aliphatic carbocycles. The van der Waals surface area contributed by atoms with Gasteiger partial charge in [0.1, 0.15) is 12.1 Å². The summed E-state index contributed by atoms with van der Waals surface area (Å²) in [5.74, 6) is 1.22. The van der Waals surface area contributed by atoms with Crippen molar-refractivity contribution in [3.05, 3.63) is 65.9 Å². The first kappa shape index (κ1) is 15.8. The Bertz CT molecular complexity index is 854. The standard InChI is InChI=1S/C19H21N5O/c1-14-4-2-3-5-18(14)24-11-15(10-23-24)9-20-19-8-17(21-13-22-19)16-6-7-25-12-16/h2-5,8,10-11,13,16H,6-7,9,12H2,1H3,(H,20,21,22). The van der Waals surface area contributed by atoms with Gasteiger partial charge in [-0.2, -0.15) is 5.10 Å². The molecule has 0 amide bonds. The number of nitrogens with one attached hydrogen (secondary N) is 1. The molecule has 1 N–H and O–H groups in total. The van der Waals surface area contributed by atoms with E-state index in [1.807, 2.05) is 35.3 Å². The zero-order valence-electron chi connectivity index (χ0n) is 14.2. The molecule has 1 atom stereocenters. The summed E-state index contributed by atoms with van der Waals surface area (Å²) in [6.45, 7) is 4.32. The Morgan fingerprint density at radius 3 is 3.04 bits per heavy atom. The minimum atomic E-state index is 0.382. The van der Waals surface area contributed by atoms with Crippen molar-refractivity contribution in [3.8, 4) is 5.69 Å². The SMILES string of the molecule is Cc1ccccc1-n1cc(CNc2cc(C3CCOC3)ncn2)cn1.